The first kappa shape index (κ1) is 16.5. The highest BCUT2D eigenvalue weighted by Crippen LogP contribution is 2.10. The first-order chi connectivity index (χ1) is 9.51. The minimum atomic E-state index is -0.263. The van der Waals surface area contributed by atoms with Crippen molar-refractivity contribution in [2.45, 2.75) is 39.5 Å². The van der Waals surface area contributed by atoms with E-state index >= 15 is 0 Å². The summed E-state index contributed by atoms with van der Waals surface area (Å²) >= 11 is 0. The normalized spacial score (nSPS) is 15.2. The van der Waals surface area contributed by atoms with Gasteiger partial charge in [0.2, 0.25) is 11.8 Å². The number of hydrogen-bond acceptors (Lipinski definition) is 3. The van der Waals surface area contributed by atoms with Crippen LogP contribution in [0.3, 0.4) is 0 Å². The standard InChI is InChI=1S/C14H25N3O3/c1-4-6-9-16(5-2)12(18)8-7-10-17-13(19)11-15(3)14(17)20/h4-11H2,1-3H3. The lowest BCUT2D eigenvalue weighted by Crippen LogP contribution is -2.35. The lowest BCUT2D eigenvalue weighted by molar-refractivity contribution is -0.132. The Kier molecular flexibility index (Phi) is 6.48. The second-order valence-electron chi connectivity index (χ2n) is 5.11. The van der Waals surface area contributed by atoms with Gasteiger partial charge in [0, 0.05) is 33.1 Å². The highest BCUT2D eigenvalue weighted by Gasteiger charge is 2.32. The highest BCUT2D eigenvalue weighted by molar-refractivity contribution is 6.01. The van der Waals surface area contributed by atoms with Gasteiger partial charge in [0.25, 0.3) is 0 Å². The number of carbonyl (C=O) groups excluding carboxylic acids is 3. The predicted molar refractivity (Wildman–Crippen MR) is 76.1 cm³/mol. The summed E-state index contributed by atoms with van der Waals surface area (Å²) in [7, 11) is 1.61. The number of unbranched alkanes of at least 4 members (excludes halogenated alkanes) is 1. The molecule has 0 aromatic heterocycles. The molecule has 1 rings (SSSR count). The van der Waals surface area contributed by atoms with Crippen LogP contribution in [0.5, 0.6) is 0 Å². The summed E-state index contributed by atoms with van der Waals surface area (Å²) in [6.07, 6.45) is 2.99. The molecule has 0 aromatic rings. The number of carbonyl (C=O) groups is 3. The Balaban J connectivity index is 2.34. The van der Waals surface area contributed by atoms with E-state index in [2.05, 4.69) is 6.92 Å². The molecule has 1 saturated heterocycles. The van der Waals surface area contributed by atoms with Gasteiger partial charge in [-0.25, -0.2) is 4.79 Å². The minimum absolute atomic E-state index is 0.105. The Bertz CT molecular complexity index is 371. The number of hydrogen-bond donors (Lipinski definition) is 0. The monoisotopic (exact) mass is 283 g/mol. The van der Waals surface area contributed by atoms with Gasteiger partial charge < -0.3 is 9.80 Å². The molecule has 114 valence electrons. The van der Waals surface area contributed by atoms with Gasteiger partial charge in [-0.2, -0.15) is 0 Å². The largest absolute Gasteiger partial charge is 0.343 e. The van der Waals surface area contributed by atoms with E-state index in [4.69, 9.17) is 0 Å². The van der Waals surface area contributed by atoms with Crippen LogP contribution in [0.15, 0.2) is 0 Å². The summed E-state index contributed by atoms with van der Waals surface area (Å²) in [5, 5.41) is 0. The smallest absolute Gasteiger partial charge is 0.326 e. The Morgan fingerprint density at radius 2 is 1.95 bits per heavy atom. The maximum Gasteiger partial charge on any atom is 0.326 e. The van der Waals surface area contributed by atoms with Crippen LogP contribution in [-0.4, -0.2) is 65.8 Å². The Morgan fingerprint density at radius 1 is 1.25 bits per heavy atom. The Morgan fingerprint density at radius 3 is 2.45 bits per heavy atom. The second kappa shape index (κ2) is 7.87. The molecule has 0 spiro atoms. The van der Waals surface area contributed by atoms with Gasteiger partial charge in [0.1, 0.15) is 6.54 Å². The minimum Gasteiger partial charge on any atom is -0.343 e. The molecule has 1 heterocycles. The quantitative estimate of drug-likeness (QED) is 0.631. The molecule has 0 unspecified atom stereocenters. The van der Waals surface area contributed by atoms with Crippen molar-refractivity contribution in [3.8, 4) is 0 Å². The lowest BCUT2D eigenvalue weighted by Gasteiger charge is -2.21. The van der Waals surface area contributed by atoms with E-state index in [1.54, 1.807) is 7.05 Å². The van der Waals surface area contributed by atoms with Crippen molar-refractivity contribution in [1.82, 2.24) is 14.7 Å². The third kappa shape index (κ3) is 4.21. The van der Waals surface area contributed by atoms with Crippen molar-refractivity contribution < 1.29 is 14.4 Å². The van der Waals surface area contributed by atoms with Crippen LogP contribution in [0.1, 0.15) is 39.5 Å². The van der Waals surface area contributed by atoms with Gasteiger partial charge in [0.05, 0.1) is 0 Å². The Labute approximate surface area is 120 Å². The molecular weight excluding hydrogens is 258 g/mol. The summed E-state index contributed by atoms with van der Waals surface area (Å²) in [6.45, 7) is 6.04. The molecule has 0 saturated carbocycles. The molecule has 6 nitrogen and oxygen atoms in total. The summed E-state index contributed by atoms with van der Waals surface area (Å²) in [5.41, 5.74) is 0. The third-order valence-electron chi connectivity index (χ3n) is 3.52. The molecule has 0 aliphatic carbocycles. The molecule has 1 aliphatic rings. The topological polar surface area (TPSA) is 60.9 Å². The zero-order valence-electron chi connectivity index (χ0n) is 12.7. The van der Waals surface area contributed by atoms with Crippen LogP contribution in [-0.2, 0) is 9.59 Å². The molecule has 4 amide bonds. The summed E-state index contributed by atoms with van der Waals surface area (Å²) < 4.78 is 0. The van der Waals surface area contributed by atoms with Crippen molar-refractivity contribution in [1.29, 1.82) is 0 Å². The van der Waals surface area contributed by atoms with E-state index in [-0.39, 0.29) is 24.4 Å². The van der Waals surface area contributed by atoms with E-state index in [0.717, 1.165) is 19.4 Å². The first-order valence-electron chi connectivity index (χ1n) is 7.34. The second-order valence-corrected chi connectivity index (χ2v) is 5.11. The molecule has 1 aliphatic heterocycles. The van der Waals surface area contributed by atoms with Crippen molar-refractivity contribution in [2.75, 3.05) is 33.2 Å². The van der Waals surface area contributed by atoms with Crippen molar-refractivity contribution >= 4 is 17.8 Å². The fourth-order valence-electron chi connectivity index (χ4n) is 2.24. The average molecular weight is 283 g/mol. The van der Waals surface area contributed by atoms with Crippen molar-refractivity contribution in [3.63, 3.8) is 0 Å². The maximum absolute atomic E-state index is 12.0. The lowest BCUT2D eigenvalue weighted by atomic mass is 10.2. The van der Waals surface area contributed by atoms with Crippen LogP contribution in [0.2, 0.25) is 0 Å². The molecule has 0 aromatic carbocycles. The molecule has 0 atom stereocenters. The van der Waals surface area contributed by atoms with Gasteiger partial charge in [0.15, 0.2) is 0 Å². The number of likely N-dealkylation sites (N-methyl/N-ethyl adjacent to an activating group) is 1. The van der Waals surface area contributed by atoms with E-state index in [1.807, 2.05) is 11.8 Å². The van der Waals surface area contributed by atoms with Crippen molar-refractivity contribution in [3.05, 3.63) is 0 Å². The average Bonchev–Trinajstić information content (AvgIpc) is 2.66. The van der Waals surface area contributed by atoms with Crippen LogP contribution in [0.25, 0.3) is 0 Å². The molecule has 0 bridgehead atoms. The van der Waals surface area contributed by atoms with Gasteiger partial charge in [-0.3, -0.25) is 14.5 Å². The number of imide groups is 1. The third-order valence-corrected chi connectivity index (χ3v) is 3.52. The fourth-order valence-corrected chi connectivity index (χ4v) is 2.24. The predicted octanol–water partition coefficient (Wildman–Crippen LogP) is 1.31. The van der Waals surface area contributed by atoms with Crippen molar-refractivity contribution in [2.24, 2.45) is 0 Å². The zero-order valence-corrected chi connectivity index (χ0v) is 12.7. The van der Waals surface area contributed by atoms with Crippen LogP contribution >= 0.6 is 0 Å². The van der Waals surface area contributed by atoms with E-state index in [0.29, 0.717) is 25.9 Å². The van der Waals surface area contributed by atoms with Crippen LogP contribution in [0.4, 0.5) is 4.79 Å². The van der Waals surface area contributed by atoms with E-state index in [9.17, 15) is 14.4 Å². The van der Waals surface area contributed by atoms with Gasteiger partial charge in [-0.15, -0.1) is 0 Å². The number of urea groups is 1. The molecule has 0 N–H and O–H groups in total. The molecule has 0 radical (unpaired) electrons. The SMILES string of the molecule is CCCCN(CC)C(=O)CCCN1C(=O)CN(C)C1=O. The Hall–Kier alpha value is -1.59. The molecule has 1 fully saturated rings. The fraction of sp³-hybridized carbons (Fsp3) is 0.786. The maximum atomic E-state index is 12.0. The zero-order chi connectivity index (χ0) is 15.1. The number of rotatable bonds is 8. The number of amides is 4. The van der Waals surface area contributed by atoms with E-state index in [1.165, 1.54) is 9.80 Å². The number of nitrogens with zero attached hydrogens (tertiary/aromatic N) is 3. The molecular formula is C14H25N3O3. The molecule has 6 heteroatoms. The summed E-state index contributed by atoms with van der Waals surface area (Å²) in [6, 6.07) is -0.263. The van der Waals surface area contributed by atoms with Crippen LogP contribution < -0.4 is 0 Å². The highest BCUT2D eigenvalue weighted by atomic mass is 16.2. The van der Waals surface area contributed by atoms with Gasteiger partial charge >= 0.3 is 6.03 Å². The summed E-state index contributed by atoms with van der Waals surface area (Å²) in [5.74, 6) is -0.0725. The molecule has 20 heavy (non-hydrogen) atoms. The van der Waals surface area contributed by atoms with Gasteiger partial charge in [-0.1, -0.05) is 13.3 Å². The van der Waals surface area contributed by atoms with Gasteiger partial charge in [-0.05, 0) is 19.8 Å². The summed E-state index contributed by atoms with van der Waals surface area (Å²) in [4.78, 5) is 39.7. The van der Waals surface area contributed by atoms with Crippen LogP contribution in [0, 0.1) is 0 Å². The first-order valence-corrected chi connectivity index (χ1v) is 7.34. The van der Waals surface area contributed by atoms with E-state index < -0.39 is 0 Å².